The van der Waals surface area contributed by atoms with Crippen LogP contribution in [-0.2, 0) is 0 Å². The smallest absolute Gasteiger partial charge is 0.121 e. The Morgan fingerprint density at radius 3 is 1.17 bits per heavy atom. The van der Waals surface area contributed by atoms with Crippen LogP contribution in [0.2, 0.25) is 0 Å². The molecule has 48 heavy (non-hydrogen) atoms. The summed E-state index contributed by atoms with van der Waals surface area (Å²) in [6, 6.07) is 49.6. The number of benzene rings is 5. The minimum Gasteiger partial charge on any atom is -0.154 e. The first-order valence-corrected chi connectivity index (χ1v) is 16.2. The maximum atomic E-state index is 5.06. The van der Waals surface area contributed by atoms with E-state index in [-0.39, 0.29) is 5.41 Å². The van der Waals surface area contributed by atoms with Crippen molar-refractivity contribution in [3.05, 3.63) is 163 Å². The SMILES string of the molecule is CC1(C)CC(c2ccc(-n3nc(-c4ccccc4)c(-c4ccccc4)n3)cc2)=CC=C1n1nc(-c2ccccc2)c(-c2ccccc2)n1. The molecule has 0 saturated carbocycles. The lowest BCUT2D eigenvalue weighted by Gasteiger charge is -2.31. The van der Waals surface area contributed by atoms with Crippen molar-refractivity contribution in [2.45, 2.75) is 20.3 Å². The van der Waals surface area contributed by atoms with E-state index >= 15 is 0 Å². The van der Waals surface area contributed by atoms with Crippen molar-refractivity contribution < 1.29 is 0 Å². The molecule has 0 atom stereocenters. The normalized spacial score (nSPS) is 14.0. The minimum absolute atomic E-state index is 0.206. The van der Waals surface area contributed by atoms with Crippen LogP contribution in [0.15, 0.2) is 158 Å². The van der Waals surface area contributed by atoms with Gasteiger partial charge in [0, 0.05) is 27.7 Å². The van der Waals surface area contributed by atoms with Gasteiger partial charge in [0.15, 0.2) is 0 Å². The third kappa shape index (κ3) is 5.58. The fourth-order valence-electron chi connectivity index (χ4n) is 6.37. The maximum absolute atomic E-state index is 5.06. The van der Waals surface area contributed by atoms with Gasteiger partial charge >= 0.3 is 0 Å². The van der Waals surface area contributed by atoms with Crippen molar-refractivity contribution in [1.82, 2.24) is 30.0 Å². The highest BCUT2D eigenvalue weighted by molar-refractivity contribution is 5.80. The van der Waals surface area contributed by atoms with Gasteiger partial charge in [-0.3, -0.25) is 0 Å². The Morgan fingerprint density at radius 1 is 0.417 bits per heavy atom. The Bertz CT molecular complexity index is 2130. The molecule has 0 N–H and O–H groups in total. The van der Waals surface area contributed by atoms with E-state index in [1.807, 2.05) is 77.6 Å². The lowest BCUT2D eigenvalue weighted by atomic mass is 9.77. The van der Waals surface area contributed by atoms with Crippen molar-refractivity contribution in [2.24, 2.45) is 5.41 Å². The van der Waals surface area contributed by atoms with Crippen LogP contribution < -0.4 is 0 Å². The van der Waals surface area contributed by atoms with Crippen molar-refractivity contribution >= 4 is 11.3 Å². The second-order valence-corrected chi connectivity index (χ2v) is 12.7. The van der Waals surface area contributed by atoms with Gasteiger partial charge in [-0.25, -0.2) is 0 Å². The molecular weight excluding hydrogens is 589 g/mol. The fourth-order valence-corrected chi connectivity index (χ4v) is 6.37. The number of allylic oxidation sites excluding steroid dienone is 4. The first-order chi connectivity index (χ1) is 23.5. The second-order valence-electron chi connectivity index (χ2n) is 12.7. The average molecular weight is 623 g/mol. The zero-order valence-corrected chi connectivity index (χ0v) is 26.9. The van der Waals surface area contributed by atoms with Gasteiger partial charge in [0.25, 0.3) is 0 Å². The van der Waals surface area contributed by atoms with Crippen LogP contribution in [0.3, 0.4) is 0 Å². The quantitative estimate of drug-likeness (QED) is 0.178. The van der Waals surface area contributed by atoms with Gasteiger partial charge in [-0.15, -0.1) is 20.4 Å². The molecule has 0 saturated heterocycles. The van der Waals surface area contributed by atoms with Crippen LogP contribution in [0.4, 0.5) is 0 Å². The summed E-state index contributed by atoms with van der Waals surface area (Å²) in [4.78, 5) is 3.57. The Morgan fingerprint density at radius 2 is 0.792 bits per heavy atom. The number of hydrogen-bond acceptors (Lipinski definition) is 4. The van der Waals surface area contributed by atoms with E-state index in [0.717, 1.165) is 62.8 Å². The van der Waals surface area contributed by atoms with Gasteiger partial charge in [0.05, 0.1) is 11.4 Å². The predicted molar refractivity (Wildman–Crippen MR) is 194 cm³/mol. The van der Waals surface area contributed by atoms with Gasteiger partial charge in [0.2, 0.25) is 0 Å². The van der Waals surface area contributed by atoms with Gasteiger partial charge in [-0.2, -0.15) is 9.59 Å². The van der Waals surface area contributed by atoms with Crippen molar-refractivity contribution in [1.29, 1.82) is 0 Å². The molecule has 1 aliphatic carbocycles. The third-order valence-electron chi connectivity index (χ3n) is 8.87. The summed E-state index contributed by atoms with van der Waals surface area (Å²) >= 11 is 0. The van der Waals surface area contributed by atoms with E-state index in [0.29, 0.717) is 0 Å². The minimum atomic E-state index is -0.206. The van der Waals surface area contributed by atoms with Crippen molar-refractivity contribution in [3.8, 4) is 50.7 Å². The highest BCUT2D eigenvalue weighted by Gasteiger charge is 2.31. The molecule has 6 heteroatoms. The number of hydrogen-bond donors (Lipinski definition) is 0. The monoisotopic (exact) mass is 622 g/mol. The number of nitrogens with zero attached hydrogens (tertiary/aromatic N) is 6. The molecular formula is C42H34N6. The lowest BCUT2D eigenvalue weighted by Crippen LogP contribution is -2.23. The van der Waals surface area contributed by atoms with E-state index < -0.39 is 0 Å². The summed E-state index contributed by atoms with van der Waals surface area (Å²) in [7, 11) is 0. The molecule has 0 amide bonds. The predicted octanol–water partition coefficient (Wildman–Crippen LogP) is 9.88. The second kappa shape index (κ2) is 12.2. The summed E-state index contributed by atoms with van der Waals surface area (Å²) in [5, 5.41) is 20.0. The first-order valence-electron chi connectivity index (χ1n) is 16.2. The van der Waals surface area contributed by atoms with Crippen molar-refractivity contribution in [2.75, 3.05) is 0 Å². The molecule has 0 radical (unpaired) electrons. The van der Waals surface area contributed by atoms with Crippen molar-refractivity contribution in [3.63, 3.8) is 0 Å². The fraction of sp³-hybridized carbons (Fsp3) is 0.0952. The molecule has 5 aromatic carbocycles. The molecule has 0 aliphatic heterocycles. The van der Waals surface area contributed by atoms with E-state index in [2.05, 4.69) is 98.8 Å². The largest absolute Gasteiger partial charge is 0.154 e. The Hall–Kier alpha value is -6.14. The Labute approximate surface area is 280 Å². The highest BCUT2D eigenvalue weighted by Crippen LogP contribution is 2.43. The number of rotatable bonds is 7. The lowest BCUT2D eigenvalue weighted by molar-refractivity contribution is 0.468. The first kappa shape index (κ1) is 29.3. The van der Waals surface area contributed by atoms with E-state index in [9.17, 15) is 0 Å². The van der Waals surface area contributed by atoms with Crippen LogP contribution in [0.25, 0.3) is 62.0 Å². The van der Waals surface area contributed by atoms with Crippen LogP contribution in [0.5, 0.6) is 0 Å². The Balaban J connectivity index is 1.12. The van der Waals surface area contributed by atoms with E-state index in [4.69, 9.17) is 20.4 Å². The summed E-state index contributed by atoms with van der Waals surface area (Å²) in [5.41, 5.74) is 11.8. The van der Waals surface area contributed by atoms with E-state index in [1.165, 1.54) is 11.1 Å². The zero-order chi connectivity index (χ0) is 32.5. The topological polar surface area (TPSA) is 61.4 Å². The molecule has 0 unspecified atom stereocenters. The van der Waals surface area contributed by atoms with Crippen LogP contribution >= 0.6 is 0 Å². The summed E-state index contributed by atoms with van der Waals surface area (Å²) in [6.45, 7) is 4.52. The van der Waals surface area contributed by atoms with Gasteiger partial charge in [-0.1, -0.05) is 153 Å². The average Bonchev–Trinajstić information content (AvgIpc) is 3.79. The highest BCUT2D eigenvalue weighted by atomic mass is 15.5. The summed E-state index contributed by atoms with van der Waals surface area (Å²) in [5.74, 6) is 0. The zero-order valence-electron chi connectivity index (χ0n) is 26.9. The molecule has 7 aromatic rings. The van der Waals surface area contributed by atoms with E-state index in [1.54, 1.807) is 4.80 Å². The van der Waals surface area contributed by atoms with Gasteiger partial charge in [0.1, 0.15) is 22.8 Å². The molecule has 2 aromatic heterocycles. The molecule has 6 nitrogen and oxygen atoms in total. The standard InChI is InChI=1S/C42H34N6/c1-42(2)29-35(25-28-37(42)48-45-40(33-19-11-5-12-20-33)41(46-48)34-21-13-6-14-22-34)30-23-26-36(27-24-30)47-43-38(31-15-7-3-8-16-31)39(44-47)32-17-9-4-10-18-32/h3-28H,29H2,1-2H3. The van der Waals surface area contributed by atoms with Crippen LogP contribution in [0, 0.1) is 5.41 Å². The maximum Gasteiger partial charge on any atom is 0.121 e. The van der Waals surface area contributed by atoms with Gasteiger partial charge in [-0.05, 0) is 35.8 Å². The van der Waals surface area contributed by atoms with Crippen LogP contribution in [0.1, 0.15) is 25.8 Å². The van der Waals surface area contributed by atoms with Gasteiger partial charge < -0.3 is 0 Å². The molecule has 8 rings (SSSR count). The molecule has 2 heterocycles. The Kier molecular flexibility index (Phi) is 7.46. The molecule has 232 valence electrons. The molecule has 0 bridgehead atoms. The number of aromatic nitrogens is 6. The molecule has 0 spiro atoms. The summed E-state index contributed by atoms with van der Waals surface area (Å²) in [6.07, 6.45) is 5.22. The summed E-state index contributed by atoms with van der Waals surface area (Å²) < 4.78 is 0. The molecule has 0 fully saturated rings. The molecule has 1 aliphatic rings. The third-order valence-corrected chi connectivity index (χ3v) is 8.87. The van der Waals surface area contributed by atoms with Crippen LogP contribution in [-0.4, -0.2) is 30.0 Å².